The molecule has 2 rings (SSSR count). The zero-order valence-corrected chi connectivity index (χ0v) is 10.5. The van der Waals surface area contributed by atoms with Crippen LogP contribution in [0.25, 0.3) is 0 Å². The van der Waals surface area contributed by atoms with E-state index >= 15 is 0 Å². The van der Waals surface area contributed by atoms with Crippen molar-refractivity contribution >= 4 is 5.78 Å². The van der Waals surface area contributed by atoms with Crippen molar-refractivity contribution in [2.24, 2.45) is 0 Å². The van der Waals surface area contributed by atoms with E-state index < -0.39 is 0 Å². The lowest BCUT2D eigenvalue weighted by Crippen LogP contribution is -2.07. The highest BCUT2D eigenvalue weighted by atomic mass is 19.1. The van der Waals surface area contributed by atoms with Gasteiger partial charge < -0.3 is 0 Å². The van der Waals surface area contributed by atoms with Gasteiger partial charge in [0.1, 0.15) is 5.82 Å². The van der Waals surface area contributed by atoms with E-state index in [0.29, 0.717) is 11.1 Å². The lowest BCUT2D eigenvalue weighted by Gasteiger charge is -2.16. The zero-order valence-electron chi connectivity index (χ0n) is 10.5. The largest absolute Gasteiger partial charge is 0.294 e. The molecule has 0 aromatic heterocycles. The van der Waals surface area contributed by atoms with E-state index in [-0.39, 0.29) is 17.5 Å². The van der Waals surface area contributed by atoms with Crippen molar-refractivity contribution in [3.8, 4) is 0 Å². The maximum atomic E-state index is 14.0. The van der Waals surface area contributed by atoms with Crippen LogP contribution in [-0.2, 0) is 0 Å². The second-order valence-corrected chi connectivity index (χ2v) is 4.39. The van der Waals surface area contributed by atoms with E-state index in [1.54, 1.807) is 12.1 Å². The van der Waals surface area contributed by atoms with Crippen LogP contribution in [0.5, 0.6) is 0 Å². The van der Waals surface area contributed by atoms with E-state index in [1.165, 1.54) is 13.0 Å². The first-order valence-electron chi connectivity index (χ1n) is 5.95. The van der Waals surface area contributed by atoms with Gasteiger partial charge in [0.15, 0.2) is 5.78 Å². The van der Waals surface area contributed by atoms with E-state index in [1.807, 2.05) is 37.3 Å². The number of halogens is 1. The second kappa shape index (κ2) is 5.13. The lowest BCUT2D eigenvalue weighted by molar-refractivity contribution is 0.101. The first-order valence-corrected chi connectivity index (χ1v) is 5.95. The summed E-state index contributed by atoms with van der Waals surface area (Å²) in [6, 6.07) is 14.3. The maximum Gasteiger partial charge on any atom is 0.160 e. The van der Waals surface area contributed by atoms with Gasteiger partial charge in [-0.05, 0) is 18.6 Å². The van der Waals surface area contributed by atoms with Crippen molar-refractivity contribution in [3.05, 3.63) is 71.0 Å². The fourth-order valence-electron chi connectivity index (χ4n) is 2.19. The smallest absolute Gasteiger partial charge is 0.160 e. The van der Waals surface area contributed by atoms with Crippen LogP contribution in [-0.4, -0.2) is 5.78 Å². The Labute approximate surface area is 106 Å². The first kappa shape index (κ1) is 12.5. The molecule has 0 bridgehead atoms. The minimum atomic E-state index is -0.320. The quantitative estimate of drug-likeness (QED) is 0.738. The molecule has 0 aliphatic rings. The summed E-state index contributed by atoms with van der Waals surface area (Å²) in [7, 11) is 0. The summed E-state index contributed by atoms with van der Waals surface area (Å²) in [6.45, 7) is 3.39. The molecule has 0 heterocycles. The van der Waals surface area contributed by atoms with Crippen LogP contribution in [0.3, 0.4) is 0 Å². The minimum absolute atomic E-state index is 0.104. The average molecular weight is 242 g/mol. The van der Waals surface area contributed by atoms with Crippen molar-refractivity contribution in [1.82, 2.24) is 0 Å². The Bertz CT molecular complexity index is 561. The number of benzene rings is 2. The molecule has 2 aromatic rings. The Morgan fingerprint density at radius 2 is 1.72 bits per heavy atom. The van der Waals surface area contributed by atoms with Gasteiger partial charge in [0.25, 0.3) is 0 Å². The van der Waals surface area contributed by atoms with E-state index in [2.05, 4.69) is 0 Å². The number of hydrogen-bond donors (Lipinski definition) is 0. The first-order chi connectivity index (χ1) is 8.61. The van der Waals surface area contributed by atoms with Crippen molar-refractivity contribution in [2.75, 3.05) is 0 Å². The Morgan fingerprint density at radius 1 is 1.06 bits per heavy atom. The molecule has 0 saturated heterocycles. The molecule has 2 heteroatoms. The highest BCUT2D eigenvalue weighted by Crippen LogP contribution is 2.29. The van der Waals surface area contributed by atoms with Gasteiger partial charge in [0, 0.05) is 17.0 Å². The average Bonchev–Trinajstić information content (AvgIpc) is 2.38. The van der Waals surface area contributed by atoms with E-state index in [9.17, 15) is 9.18 Å². The van der Waals surface area contributed by atoms with Crippen molar-refractivity contribution in [2.45, 2.75) is 19.8 Å². The van der Waals surface area contributed by atoms with E-state index in [4.69, 9.17) is 0 Å². The maximum absolute atomic E-state index is 14.0. The molecule has 2 aromatic carbocycles. The fourth-order valence-corrected chi connectivity index (χ4v) is 2.19. The Kier molecular flexibility index (Phi) is 3.56. The number of rotatable bonds is 3. The molecule has 1 nitrogen and oxygen atoms in total. The normalized spacial score (nSPS) is 12.2. The molecule has 1 unspecified atom stereocenters. The van der Waals surface area contributed by atoms with Gasteiger partial charge in [0.05, 0.1) is 0 Å². The van der Waals surface area contributed by atoms with Crippen LogP contribution in [0.2, 0.25) is 0 Å². The van der Waals surface area contributed by atoms with Gasteiger partial charge in [-0.3, -0.25) is 4.79 Å². The van der Waals surface area contributed by atoms with Crippen molar-refractivity contribution < 1.29 is 9.18 Å². The predicted octanol–water partition coefficient (Wildman–Crippen LogP) is 4.18. The summed E-state index contributed by atoms with van der Waals surface area (Å²) < 4.78 is 14.0. The van der Waals surface area contributed by atoms with Gasteiger partial charge >= 0.3 is 0 Å². The highest BCUT2D eigenvalue weighted by Gasteiger charge is 2.19. The van der Waals surface area contributed by atoms with Crippen LogP contribution in [0, 0.1) is 5.82 Å². The molecule has 0 N–H and O–H groups in total. The molecule has 1 atom stereocenters. The third-order valence-corrected chi connectivity index (χ3v) is 3.16. The molecular weight excluding hydrogens is 227 g/mol. The van der Waals surface area contributed by atoms with Crippen LogP contribution in [0.1, 0.15) is 41.3 Å². The van der Waals surface area contributed by atoms with Crippen LogP contribution in [0.15, 0.2) is 48.5 Å². The lowest BCUT2D eigenvalue weighted by atomic mass is 9.88. The number of ketones is 1. The summed E-state index contributed by atoms with van der Waals surface area (Å²) in [4.78, 5) is 11.6. The third-order valence-electron chi connectivity index (χ3n) is 3.16. The minimum Gasteiger partial charge on any atom is -0.294 e. The molecule has 0 saturated carbocycles. The van der Waals surface area contributed by atoms with Crippen LogP contribution in [0.4, 0.5) is 4.39 Å². The number of carbonyl (C=O) groups excluding carboxylic acids is 1. The van der Waals surface area contributed by atoms with Gasteiger partial charge in [-0.2, -0.15) is 0 Å². The highest BCUT2D eigenvalue weighted by molar-refractivity contribution is 5.95. The second-order valence-electron chi connectivity index (χ2n) is 4.39. The van der Waals surface area contributed by atoms with Crippen LogP contribution >= 0.6 is 0 Å². The number of Topliss-reactive ketones (excluding diaryl/α,β-unsaturated/α-hetero) is 1. The Balaban J connectivity index is 2.54. The fraction of sp³-hybridized carbons (Fsp3) is 0.188. The summed E-state index contributed by atoms with van der Waals surface area (Å²) in [6.07, 6.45) is 0. The van der Waals surface area contributed by atoms with Crippen LogP contribution < -0.4 is 0 Å². The van der Waals surface area contributed by atoms with Gasteiger partial charge in [-0.25, -0.2) is 4.39 Å². The van der Waals surface area contributed by atoms with Gasteiger partial charge in [-0.15, -0.1) is 0 Å². The summed E-state index contributed by atoms with van der Waals surface area (Å²) in [5.74, 6) is -0.558. The summed E-state index contributed by atoms with van der Waals surface area (Å²) >= 11 is 0. The molecule has 92 valence electrons. The topological polar surface area (TPSA) is 17.1 Å². The SMILES string of the molecule is CC(=O)c1cccc(F)c1C(C)c1ccccc1. The monoisotopic (exact) mass is 242 g/mol. The third kappa shape index (κ3) is 2.33. The Morgan fingerprint density at radius 3 is 2.33 bits per heavy atom. The molecule has 0 radical (unpaired) electrons. The summed E-state index contributed by atoms with van der Waals surface area (Å²) in [5, 5.41) is 0. The summed E-state index contributed by atoms with van der Waals surface area (Å²) in [5.41, 5.74) is 1.95. The van der Waals surface area contributed by atoms with Crippen molar-refractivity contribution in [3.63, 3.8) is 0 Å². The molecule has 18 heavy (non-hydrogen) atoms. The molecule has 0 aliphatic carbocycles. The van der Waals surface area contributed by atoms with E-state index in [0.717, 1.165) is 5.56 Å². The number of hydrogen-bond acceptors (Lipinski definition) is 1. The molecular formula is C16H15FO. The molecule has 0 aliphatic heterocycles. The molecule has 0 spiro atoms. The molecule has 0 fully saturated rings. The van der Waals surface area contributed by atoms with Gasteiger partial charge in [0.2, 0.25) is 0 Å². The zero-order chi connectivity index (χ0) is 13.1. The van der Waals surface area contributed by atoms with Gasteiger partial charge in [-0.1, -0.05) is 49.4 Å². The Hall–Kier alpha value is -1.96. The number of carbonyl (C=O) groups is 1. The van der Waals surface area contributed by atoms with Crippen molar-refractivity contribution in [1.29, 1.82) is 0 Å². The predicted molar refractivity (Wildman–Crippen MR) is 70.4 cm³/mol. The standard InChI is InChI=1S/C16H15FO/c1-11(13-7-4-3-5-8-13)16-14(12(2)18)9-6-10-15(16)17/h3-11H,1-2H3. The molecule has 0 amide bonds.